The first-order valence-corrected chi connectivity index (χ1v) is 11.0. The molecule has 0 aromatic heterocycles. The van der Waals surface area contributed by atoms with Gasteiger partial charge in [-0.25, -0.2) is 0 Å². The Balaban J connectivity index is 1.18. The molecule has 1 aromatic carbocycles. The number of benzene rings is 1. The van der Waals surface area contributed by atoms with E-state index in [1.54, 1.807) is 0 Å². The molecule has 5 heteroatoms. The van der Waals surface area contributed by atoms with E-state index < -0.39 is 0 Å². The van der Waals surface area contributed by atoms with Crippen molar-refractivity contribution in [3.05, 3.63) is 29.8 Å². The van der Waals surface area contributed by atoms with Gasteiger partial charge in [0, 0.05) is 11.7 Å². The number of rotatable bonds is 6. The highest BCUT2D eigenvalue weighted by Crippen LogP contribution is 2.53. The molecule has 26 heavy (non-hydrogen) atoms. The molecule has 2 N–H and O–H groups in total. The smallest absolute Gasteiger partial charge is 0.234 e. The van der Waals surface area contributed by atoms with Gasteiger partial charge in [-0.05, 0) is 74.8 Å². The molecule has 4 saturated carbocycles. The first-order valence-electron chi connectivity index (χ1n) is 9.80. The van der Waals surface area contributed by atoms with Gasteiger partial charge in [-0.3, -0.25) is 9.59 Å². The zero-order chi connectivity index (χ0) is 18.1. The number of hydrogen-bond acceptors (Lipinski definition) is 3. The third-order valence-corrected chi connectivity index (χ3v) is 7.29. The second-order valence-corrected chi connectivity index (χ2v) is 9.42. The van der Waals surface area contributed by atoms with Gasteiger partial charge >= 0.3 is 0 Å². The molecule has 4 bridgehead atoms. The van der Waals surface area contributed by atoms with Gasteiger partial charge in [-0.2, -0.15) is 0 Å². The zero-order valence-corrected chi connectivity index (χ0v) is 16.2. The van der Waals surface area contributed by atoms with Gasteiger partial charge < -0.3 is 10.6 Å². The highest BCUT2D eigenvalue weighted by atomic mass is 32.2. The minimum Gasteiger partial charge on any atom is -0.352 e. The van der Waals surface area contributed by atoms with E-state index in [0.29, 0.717) is 29.4 Å². The molecule has 2 amide bonds. The molecule has 4 nitrogen and oxygen atoms in total. The third kappa shape index (κ3) is 4.08. The quantitative estimate of drug-likeness (QED) is 0.802. The van der Waals surface area contributed by atoms with Crippen molar-refractivity contribution < 1.29 is 9.59 Å². The van der Waals surface area contributed by atoms with Crippen LogP contribution in [0.4, 0.5) is 5.69 Å². The number of carbonyl (C=O) groups is 2. The van der Waals surface area contributed by atoms with Crippen LogP contribution >= 0.6 is 11.8 Å². The molecule has 0 atom stereocenters. The molecule has 140 valence electrons. The van der Waals surface area contributed by atoms with Crippen molar-refractivity contribution in [2.75, 3.05) is 16.8 Å². The maximum absolute atomic E-state index is 12.3. The van der Waals surface area contributed by atoms with Crippen molar-refractivity contribution in [3.63, 3.8) is 0 Å². The van der Waals surface area contributed by atoms with Crippen LogP contribution in [-0.2, 0) is 9.59 Å². The van der Waals surface area contributed by atoms with Gasteiger partial charge in [0.2, 0.25) is 11.8 Å². The molecule has 5 rings (SSSR count). The first kappa shape index (κ1) is 17.9. The summed E-state index contributed by atoms with van der Waals surface area (Å²) in [6, 6.07) is 8.13. The molecule has 1 aromatic rings. The minimum atomic E-state index is -0.0544. The molecule has 4 fully saturated rings. The lowest BCUT2D eigenvalue weighted by molar-refractivity contribution is -0.122. The molecule has 0 spiro atoms. The van der Waals surface area contributed by atoms with Gasteiger partial charge in [0.25, 0.3) is 0 Å². The van der Waals surface area contributed by atoms with Crippen LogP contribution in [0.1, 0.15) is 37.7 Å². The molecule has 0 aliphatic heterocycles. The molecular formula is C21H28N2O2S. The van der Waals surface area contributed by atoms with E-state index in [2.05, 4.69) is 10.6 Å². The summed E-state index contributed by atoms with van der Waals surface area (Å²) in [5.74, 6) is 3.95. The second-order valence-electron chi connectivity index (χ2n) is 8.43. The molecule has 4 aliphatic carbocycles. The number of anilines is 1. The summed E-state index contributed by atoms with van der Waals surface area (Å²) in [7, 11) is 0. The lowest BCUT2D eigenvalue weighted by atomic mass is 9.54. The minimum absolute atomic E-state index is 0.0544. The number of nitrogens with one attached hydrogen (secondary N) is 2. The van der Waals surface area contributed by atoms with Crippen molar-refractivity contribution in [1.29, 1.82) is 0 Å². The summed E-state index contributed by atoms with van der Waals surface area (Å²) in [6.07, 6.45) is 6.67. The van der Waals surface area contributed by atoms with Crippen LogP contribution in [0.15, 0.2) is 24.3 Å². The largest absolute Gasteiger partial charge is 0.352 e. The number of amides is 2. The zero-order valence-electron chi connectivity index (χ0n) is 15.4. The summed E-state index contributed by atoms with van der Waals surface area (Å²) in [4.78, 5) is 24.4. The summed E-state index contributed by atoms with van der Waals surface area (Å²) in [5, 5.41) is 6.18. The summed E-state index contributed by atoms with van der Waals surface area (Å²) < 4.78 is 0. The van der Waals surface area contributed by atoms with E-state index in [1.165, 1.54) is 49.4 Å². The number of aryl methyl sites for hydroxylation is 1. The Kier molecular flexibility index (Phi) is 5.25. The normalized spacial score (nSPS) is 31.7. The Labute approximate surface area is 159 Å². The lowest BCUT2D eigenvalue weighted by Crippen LogP contribution is -2.56. The third-order valence-electron chi connectivity index (χ3n) is 6.36. The monoisotopic (exact) mass is 372 g/mol. The van der Waals surface area contributed by atoms with E-state index in [-0.39, 0.29) is 11.8 Å². The summed E-state index contributed by atoms with van der Waals surface area (Å²) in [5.41, 5.74) is 1.97. The number of thioether (sulfide) groups is 1. The van der Waals surface area contributed by atoms with Crippen molar-refractivity contribution in [2.45, 2.75) is 45.1 Å². The topological polar surface area (TPSA) is 58.2 Å². The summed E-state index contributed by atoms with van der Waals surface area (Å²) in [6.45, 7) is 2.02. The molecule has 0 unspecified atom stereocenters. The predicted octanol–water partition coefficient (Wildman–Crippen LogP) is 3.61. The Morgan fingerprint density at radius 2 is 1.50 bits per heavy atom. The van der Waals surface area contributed by atoms with Gasteiger partial charge in [0.05, 0.1) is 11.5 Å². The van der Waals surface area contributed by atoms with Crippen LogP contribution < -0.4 is 10.6 Å². The van der Waals surface area contributed by atoms with E-state index in [4.69, 9.17) is 0 Å². The Morgan fingerprint density at radius 1 is 0.923 bits per heavy atom. The molecule has 4 aliphatic rings. The highest BCUT2D eigenvalue weighted by Gasteiger charge is 2.48. The van der Waals surface area contributed by atoms with E-state index in [0.717, 1.165) is 17.5 Å². The van der Waals surface area contributed by atoms with Crippen LogP contribution in [0.3, 0.4) is 0 Å². The lowest BCUT2D eigenvalue weighted by Gasteiger charge is -2.54. The number of hydrogen-bond donors (Lipinski definition) is 2. The number of carbonyl (C=O) groups excluding carboxylic acids is 2. The van der Waals surface area contributed by atoms with E-state index in [1.807, 2.05) is 31.2 Å². The van der Waals surface area contributed by atoms with Crippen LogP contribution in [0.2, 0.25) is 0 Å². The van der Waals surface area contributed by atoms with Crippen LogP contribution in [0.5, 0.6) is 0 Å². The van der Waals surface area contributed by atoms with Crippen LogP contribution in [0, 0.1) is 30.6 Å². The van der Waals surface area contributed by atoms with Crippen molar-refractivity contribution >= 4 is 29.3 Å². The van der Waals surface area contributed by atoms with Crippen LogP contribution in [0.25, 0.3) is 0 Å². The fourth-order valence-electron chi connectivity index (χ4n) is 5.46. The Bertz CT molecular complexity index is 645. The summed E-state index contributed by atoms with van der Waals surface area (Å²) >= 11 is 1.39. The highest BCUT2D eigenvalue weighted by molar-refractivity contribution is 8.00. The van der Waals surface area contributed by atoms with Crippen LogP contribution in [-0.4, -0.2) is 29.4 Å². The second kappa shape index (κ2) is 7.63. The van der Waals surface area contributed by atoms with Gasteiger partial charge in [0.15, 0.2) is 0 Å². The molecule has 0 saturated heterocycles. The van der Waals surface area contributed by atoms with E-state index >= 15 is 0 Å². The fourth-order valence-corrected chi connectivity index (χ4v) is 6.09. The Hall–Kier alpha value is -1.49. The van der Waals surface area contributed by atoms with Gasteiger partial charge in [0.1, 0.15) is 0 Å². The molecule has 0 heterocycles. The average Bonchev–Trinajstić information content (AvgIpc) is 2.59. The standard InChI is InChI=1S/C21H28N2O2S/c1-13-2-4-18(5-3-13)22-19(24)11-26-12-20(25)23-21-16-7-14-6-15(9-16)10-17(21)8-14/h2-5,14-17,21H,6-12H2,1H3,(H,22,24)(H,23,25). The SMILES string of the molecule is Cc1ccc(NC(=O)CSCC(=O)NC2C3CC4CC(C3)CC2C4)cc1. The fraction of sp³-hybridized carbons (Fsp3) is 0.619. The van der Waals surface area contributed by atoms with Gasteiger partial charge in [-0.15, -0.1) is 11.8 Å². The van der Waals surface area contributed by atoms with Gasteiger partial charge in [-0.1, -0.05) is 17.7 Å². The Morgan fingerprint density at radius 3 is 2.12 bits per heavy atom. The molecular weight excluding hydrogens is 344 g/mol. The first-order chi connectivity index (χ1) is 12.6. The molecule has 0 radical (unpaired) electrons. The predicted molar refractivity (Wildman–Crippen MR) is 106 cm³/mol. The maximum Gasteiger partial charge on any atom is 0.234 e. The van der Waals surface area contributed by atoms with E-state index in [9.17, 15) is 9.59 Å². The maximum atomic E-state index is 12.3. The average molecular weight is 373 g/mol. The van der Waals surface area contributed by atoms with Crippen molar-refractivity contribution in [3.8, 4) is 0 Å². The van der Waals surface area contributed by atoms with Crippen molar-refractivity contribution in [1.82, 2.24) is 5.32 Å². The van der Waals surface area contributed by atoms with Crippen molar-refractivity contribution in [2.24, 2.45) is 23.7 Å².